The fourth-order valence-corrected chi connectivity index (χ4v) is 2.35. The number of rotatable bonds is 4. The summed E-state index contributed by atoms with van der Waals surface area (Å²) in [5, 5.41) is 13.3. The molecule has 3 rings (SSSR count). The van der Waals surface area contributed by atoms with Gasteiger partial charge in [-0.3, -0.25) is 4.57 Å². The highest BCUT2D eigenvalue weighted by atomic mass is 16.3. The van der Waals surface area contributed by atoms with Gasteiger partial charge in [-0.2, -0.15) is 0 Å². The van der Waals surface area contributed by atoms with Gasteiger partial charge < -0.3 is 10.4 Å². The van der Waals surface area contributed by atoms with Crippen LogP contribution in [0.4, 0.5) is 11.6 Å². The van der Waals surface area contributed by atoms with Gasteiger partial charge in [-0.1, -0.05) is 0 Å². The number of aliphatic hydroxyl groups is 1. The first kappa shape index (κ1) is 16.1. The molecular formula is C18H21N5O. The van der Waals surface area contributed by atoms with Crippen LogP contribution in [0.5, 0.6) is 0 Å². The van der Waals surface area contributed by atoms with Crippen LogP contribution in [-0.2, 0) is 5.60 Å². The van der Waals surface area contributed by atoms with E-state index in [-0.39, 0.29) is 0 Å². The van der Waals surface area contributed by atoms with Crippen molar-refractivity contribution in [1.82, 2.24) is 19.5 Å². The Morgan fingerprint density at radius 3 is 2.46 bits per heavy atom. The minimum absolute atomic E-state index is 0.598. The number of imidazole rings is 1. The van der Waals surface area contributed by atoms with Gasteiger partial charge in [0, 0.05) is 12.4 Å². The average Bonchev–Trinajstić information content (AvgIpc) is 2.96. The van der Waals surface area contributed by atoms with Gasteiger partial charge in [-0.15, -0.1) is 0 Å². The Labute approximate surface area is 141 Å². The third-order valence-corrected chi connectivity index (χ3v) is 3.60. The molecule has 124 valence electrons. The van der Waals surface area contributed by atoms with Gasteiger partial charge in [0.1, 0.15) is 29.4 Å². The molecule has 3 heterocycles. The molecule has 0 atom stereocenters. The lowest BCUT2D eigenvalue weighted by molar-refractivity contribution is 0.0742. The number of nitrogens with one attached hydrogen (secondary N) is 1. The number of anilines is 2. The molecule has 0 unspecified atom stereocenters. The summed E-state index contributed by atoms with van der Waals surface area (Å²) in [6, 6.07) is 7.84. The van der Waals surface area contributed by atoms with Gasteiger partial charge in [-0.25, -0.2) is 15.0 Å². The zero-order valence-electron chi connectivity index (χ0n) is 14.3. The summed E-state index contributed by atoms with van der Waals surface area (Å²) in [4.78, 5) is 13.2. The maximum Gasteiger partial charge on any atom is 0.140 e. The smallest absolute Gasteiger partial charge is 0.140 e. The molecule has 3 aromatic rings. The van der Waals surface area contributed by atoms with Crippen LogP contribution in [0, 0.1) is 13.8 Å². The van der Waals surface area contributed by atoms with Crippen molar-refractivity contribution in [3.8, 4) is 5.82 Å². The standard InChI is InChI=1S/C18H21N5O/c1-12-5-6-19-15(7-12)21-16-8-13(2)9-17(22-16)23-10-14(20-11-23)18(3,4)24/h5-11,24H,1-4H3,(H,19,21,22). The molecule has 0 saturated carbocycles. The van der Waals surface area contributed by atoms with Gasteiger partial charge in [-0.05, 0) is 63.1 Å². The summed E-state index contributed by atoms with van der Waals surface area (Å²) >= 11 is 0. The van der Waals surface area contributed by atoms with Crippen molar-refractivity contribution in [2.45, 2.75) is 33.3 Å². The molecule has 6 nitrogen and oxygen atoms in total. The third kappa shape index (κ3) is 3.60. The Hall–Kier alpha value is -2.73. The minimum atomic E-state index is -0.984. The topological polar surface area (TPSA) is 75.9 Å². The molecule has 0 aliphatic rings. The number of hydrogen-bond acceptors (Lipinski definition) is 5. The van der Waals surface area contributed by atoms with E-state index in [1.165, 1.54) is 0 Å². The normalized spacial score (nSPS) is 11.5. The fraction of sp³-hybridized carbons (Fsp3) is 0.278. The summed E-state index contributed by atoms with van der Waals surface area (Å²) in [6.45, 7) is 7.44. The lowest BCUT2D eigenvalue weighted by Gasteiger charge is -2.13. The van der Waals surface area contributed by atoms with Crippen LogP contribution < -0.4 is 5.32 Å². The number of hydrogen-bond donors (Lipinski definition) is 2. The number of aryl methyl sites for hydroxylation is 2. The lowest BCUT2D eigenvalue weighted by Crippen LogP contribution is -2.15. The van der Waals surface area contributed by atoms with E-state index in [0.717, 1.165) is 22.8 Å². The Kier molecular flexibility index (Phi) is 4.07. The molecule has 0 spiro atoms. The highest BCUT2D eigenvalue weighted by molar-refractivity contribution is 5.55. The summed E-state index contributed by atoms with van der Waals surface area (Å²) in [5.74, 6) is 2.19. The van der Waals surface area contributed by atoms with Gasteiger partial charge in [0.15, 0.2) is 0 Å². The summed E-state index contributed by atoms with van der Waals surface area (Å²) in [7, 11) is 0. The van der Waals surface area contributed by atoms with Crippen molar-refractivity contribution in [2.24, 2.45) is 0 Å². The molecular weight excluding hydrogens is 302 g/mol. The fourth-order valence-electron chi connectivity index (χ4n) is 2.35. The molecule has 0 aliphatic carbocycles. The highest BCUT2D eigenvalue weighted by Gasteiger charge is 2.19. The zero-order chi connectivity index (χ0) is 17.3. The second-order valence-corrected chi connectivity index (χ2v) is 6.46. The quantitative estimate of drug-likeness (QED) is 0.771. The Morgan fingerprint density at radius 1 is 1.04 bits per heavy atom. The number of aromatic nitrogens is 4. The van der Waals surface area contributed by atoms with Crippen LogP contribution >= 0.6 is 0 Å². The van der Waals surface area contributed by atoms with E-state index in [4.69, 9.17) is 0 Å². The molecule has 0 bridgehead atoms. The van der Waals surface area contributed by atoms with Gasteiger partial charge in [0.2, 0.25) is 0 Å². The first-order chi connectivity index (χ1) is 11.3. The van der Waals surface area contributed by atoms with Crippen LogP contribution in [0.1, 0.15) is 30.7 Å². The summed E-state index contributed by atoms with van der Waals surface area (Å²) < 4.78 is 1.80. The van der Waals surface area contributed by atoms with Crippen molar-refractivity contribution < 1.29 is 5.11 Å². The van der Waals surface area contributed by atoms with Crippen molar-refractivity contribution in [3.05, 3.63) is 59.8 Å². The van der Waals surface area contributed by atoms with E-state index in [1.54, 1.807) is 37.1 Å². The molecule has 0 radical (unpaired) electrons. The van der Waals surface area contributed by atoms with Crippen LogP contribution in [0.2, 0.25) is 0 Å². The monoisotopic (exact) mass is 323 g/mol. The van der Waals surface area contributed by atoms with Crippen molar-refractivity contribution in [1.29, 1.82) is 0 Å². The maximum absolute atomic E-state index is 10.1. The SMILES string of the molecule is Cc1ccnc(Nc2cc(C)cc(-n3cnc(C(C)(C)O)c3)n2)c1. The molecule has 3 aromatic heterocycles. The minimum Gasteiger partial charge on any atom is -0.384 e. The van der Waals surface area contributed by atoms with Crippen molar-refractivity contribution >= 4 is 11.6 Å². The summed E-state index contributed by atoms with van der Waals surface area (Å²) in [6.07, 6.45) is 5.21. The van der Waals surface area contributed by atoms with Crippen LogP contribution in [-0.4, -0.2) is 24.6 Å². The molecule has 2 N–H and O–H groups in total. The third-order valence-electron chi connectivity index (χ3n) is 3.60. The molecule has 6 heteroatoms. The van der Waals surface area contributed by atoms with Gasteiger partial charge >= 0.3 is 0 Å². The van der Waals surface area contributed by atoms with Crippen molar-refractivity contribution in [3.63, 3.8) is 0 Å². The Morgan fingerprint density at radius 2 is 1.79 bits per heavy atom. The molecule has 0 aromatic carbocycles. The van der Waals surface area contributed by atoms with Gasteiger partial charge in [0.05, 0.1) is 5.69 Å². The number of nitrogens with zero attached hydrogens (tertiary/aromatic N) is 4. The average molecular weight is 323 g/mol. The Bertz CT molecular complexity index is 864. The second-order valence-electron chi connectivity index (χ2n) is 6.46. The summed E-state index contributed by atoms with van der Waals surface area (Å²) in [5.41, 5.74) is 1.81. The predicted octanol–water partition coefficient (Wildman–Crippen LogP) is 3.25. The zero-order valence-corrected chi connectivity index (χ0v) is 14.3. The molecule has 24 heavy (non-hydrogen) atoms. The maximum atomic E-state index is 10.1. The number of pyridine rings is 2. The molecule has 0 fully saturated rings. The van der Waals surface area contributed by atoms with Crippen LogP contribution in [0.15, 0.2) is 43.0 Å². The van der Waals surface area contributed by atoms with E-state index < -0.39 is 5.60 Å². The molecule has 0 amide bonds. The highest BCUT2D eigenvalue weighted by Crippen LogP contribution is 2.21. The van der Waals surface area contributed by atoms with E-state index in [1.807, 2.05) is 38.1 Å². The first-order valence-electron chi connectivity index (χ1n) is 7.77. The van der Waals surface area contributed by atoms with Gasteiger partial charge in [0.25, 0.3) is 0 Å². The van der Waals surface area contributed by atoms with E-state index in [2.05, 4.69) is 20.3 Å². The predicted molar refractivity (Wildman–Crippen MR) is 93.6 cm³/mol. The lowest BCUT2D eigenvalue weighted by atomic mass is 10.1. The second kappa shape index (κ2) is 6.05. The molecule has 0 saturated heterocycles. The largest absolute Gasteiger partial charge is 0.384 e. The first-order valence-corrected chi connectivity index (χ1v) is 7.77. The van der Waals surface area contributed by atoms with Crippen LogP contribution in [0.25, 0.3) is 5.82 Å². The van der Waals surface area contributed by atoms with E-state index in [9.17, 15) is 5.11 Å². The van der Waals surface area contributed by atoms with Crippen LogP contribution in [0.3, 0.4) is 0 Å². The Balaban J connectivity index is 1.93. The van der Waals surface area contributed by atoms with E-state index >= 15 is 0 Å². The van der Waals surface area contributed by atoms with Crippen molar-refractivity contribution in [2.75, 3.05) is 5.32 Å². The van der Waals surface area contributed by atoms with E-state index in [0.29, 0.717) is 11.5 Å². The molecule has 0 aliphatic heterocycles.